The van der Waals surface area contributed by atoms with Crippen LogP contribution in [0, 0.1) is 0 Å². The van der Waals surface area contributed by atoms with Gasteiger partial charge in [0.2, 0.25) is 0 Å². The minimum atomic E-state index is 0.348. The molecule has 7 heteroatoms. The van der Waals surface area contributed by atoms with Gasteiger partial charge in [0, 0.05) is 5.56 Å². The smallest absolute Gasteiger partial charge is 0.191 e. The summed E-state index contributed by atoms with van der Waals surface area (Å²) >= 11 is 5.34. The highest BCUT2D eigenvalue weighted by Gasteiger charge is 2.16. The summed E-state index contributed by atoms with van der Waals surface area (Å²) < 4.78 is 5.32. The second kappa shape index (κ2) is 10.2. The number of quaternary nitrogens is 1. The molecule has 154 valence electrons. The van der Waals surface area contributed by atoms with E-state index in [-0.39, 0.29) is 0 Å². The number of benzene rings is 2. The summed E-state index contributed by atoms with van der Waals surface area (Å²) in [5.41, 5.74) is 6.37. The standard InChI is InChI=1S/C22H28N4O2S/c1-16(24-25-22(29)23-19-8-4-5-9-21(19)28-2)17-10-11-20(27)18(14-17)15-26-12-6-3-7-13-26/h4-5,8-11,14,27H,3,6-7,12-13,15H2,1-2H3,(H2,23,25,29)/p+1/b24-16+. The second-order valence-electron chi connectivity index (χ2n) is 7.29. The largest absolute Gasteiger partial charge is 0.507 e. The van der Waals surface area contributed by atoms with E-state index in [0.717, 1.165) is 29.1 Å². The number of hydrazone groups is 1. The van der Waals surface area contributed by atoms with E-state index in [1.165, 1.54) is 37.3 Å². The Morgan fingerprint density at radius 1 is 1.17 bits per heavy atom. The van der Waals surface area contributed by atoms with Crippen LogP contribution in [0.4, 0.5) is 5.69 Å². The van der Waals surface area contributed by atoms with Crippen LogP contribution in [0.2, 0.25) is 0 Å². The number of hydrogen-bond donors (Lipinski definition) is 4. The molecular weight excluding hydrogens is 384 g/mol. The molecule has 0 radical (unpaired) electrons. The highest BCUT2D eigenvalue weighted by molar-refractivity contribution is 7.80. The van der Waals surface area contributed by atoms with Crippen molar-refractivity contribution in [2.24, 2.45) is 5.10 Å². The summed E-state index contributed by atoms with van der Waals surface area (Å²) in [5.74, 6) is 1.06. The molecular formula is C22H29N4O2S+. The van der Waals surface area contributed by atoms with Crippen molar-refractivity contribution in [2.75, 3.05) is 25.5 Å². The van der Waals surface area contributed by atoms with Crippen LogP contribution in [0.1, 0.15) is 37.3 Å². The Kier molecular flexibility index (Phi) is 7.43. The van der Waals surface area contributed by atoms with Crippen LogP contribution in [-0.4, -0.2) is 36.1 Å². The fraction of sp³-hybridized carbons (Fsp3) is 0.364. The Labute approximate surface area is 177 Å². The Morgan fingerprint density at radius 2 is 1.93 bits per heavy atom. The van der Waals surface area contributed by atoms with Gasteiger partial charge < -0.3 is 20.1 Å². The molecule has 0 atom stereocenters. The first-order chi connectivity index (χ1) is 14.1. The number of thiocarbonyl (C=S) groups is 1. The molecule has 0 aromatic heterocycles. The van der Waals surface area contributed by atoms with Crippen molar-refractivity contribution in [1.82, 2.24) is 5.43 Å². The number of methoxy groups -OCH3 is 1. The zero-order valence-corrected chi connectivity index (χ0v) is 17.8. The average Bonchev–Trinajstić information content (AvgIpc) is 2.74. The molecule has 1 aliphatic rings. The van der Waals surface area contributed by atoms with Crippen molar-refractivity contribution in [1.29, 1.82) is 0 Å². The van der Waals surface area contributed by atoms with E-state index in [4.69, 9.17) is 17.0 Å². The molecule has 29 heavy (non-hydrogen) atoms. The summed E-state index contributed by atoms with van der Waals surface area (Å²) in [4.78, 5) is 1.53. The van der Waals surface area contributed by atoms with Crippen molar-refractivity contribution in [3.63, 3.8) is 0 Å². The molecule has 2 aromatic rings. The van der Waals surface area contributed by atoms with Crippen LogP contribution in [0.3, 0.4) is 0 Å². The highest BCUT2D eigenvalue weighted by Crippen LogP contribution is 2.23. The fourth-order valence-corrected chi connectivity index (χ4v) is 3.70. The molecule has 0 amide bonds. The lowest BCUT2D eigenvalue weighted by atomic mass is 10.0. The Balaban J connectivity index is 1.64. The van der Waals surface area contributed by atoms with Gasteiger partial charge in [-0.05, 0) is 74.3 Å². The molecule has 1 heterocycles. The summed E-state index contributed by atoms with van der Waals surface area (Å²) in [5, 5.41) is 18.1. The number of piperidine rings is 1. The van der Waals surface area contributed by atoms with Crippen molar-refractivity contribution < 1.29 is 14.7 Å². The molecule has 0 unspecified atom stereocenters. The van der Waals surface area contributed by atoms with Crippen molar-refractivity contribution in [3.8, 4) is 11.5 Å². The number of phenols is 1. The zero-order valence-electron chi connectivity index (χ0n) is 17.0. The van der Waals surface area contributed by atoms with Crippen LogP contribution in [-0.2, 0) is 6.54 Å². The van der Waals surface area contributed by atoms with Gasteiger partial charge in [-0.15, -0.1) is 0 Å². The number of nitrogens with one attached hydrogen (secondary N) is 3. The number of likely N-dealkylation sites (tertiary alicyclic amines) is 1. The number of rotatable bonds is 6. The quantitative estimate of drug-likeness (QED) is 0.333. The van der Waals surface area contributed by atoms with E-state index in [1.807, 2.05) is 43.3 Å². The van der Waals surface area contributed by atoms with Gasteiger partial charge in [-0.3, -0.25) is 5.43 Å². The summed E-state index contributed by atoms with van der Waals surface area (Å²) in [6.45, 7) is 5.10. The molecule has 1 fully saturated rings. The van der Waals surface area contributed by atoms with Crippen LogP contribution >= 0.6 is 12.2 Å². The van der Waals surface area contributed by atoms with Crippen molar-refractivity contribution in [3.05, 3.63) is 53.6 Å². The van der Waals surface area contributed by atoms with Crippen molar-refractivity contribution in [2.45, 2.75) is 32.7 Å². The van der Waals surface area contributed by atoms with Gasteiger partial charge in [0.1, 0.15) is 18.0 Å². The van der Waals surface area contributed by atoms with Gasteiger partial charge in [0.15, 0.2) is 5.11 Å². The third-order valence-electron chi connectivity index (χ3n) is 5.18. The molecule has 0 bridgehead atoms. The maximum atomic E-state index is 10.3. The van der Waals surface area contributed by atoms with Gasteiger partial charge in [0.05, 0.1) is 31.6 Å². The Morgan fingerprint density at radius 3 is 2.69 bits per heavy atom. The van der Waals surface area contributed by atoms with Crippen LogP contribution < -0.4 is 20.4 Å². The van der Waals surface area contributed by atoms with Gasteiger partial charge in [0.25, 0.3) is 0 Å². The van der Waals surface area contributed by atoms with E-state index in [1.54, 1.807) is 13.2 Å². The lowest BCUT2D eigenvalue weighted by Gasteiger charge is -2.24. The third-order valence-corrected chi connectivity index (χ3v) is 5.37. The number of nitrogens with zero attached hydrogens (tertiary/aromatic N) is 1. The van der Waals surface area contributed by atoms with Gasteiger partial charge in [-0.1, -0.05) is 12.1 Å². The van der Waals surface area contributed by atoms with E-state index >= 15 is 0 Å². The predicted octanol–water partition coefficient (Wildman–Crippen LogP) is 2.68. The third kappa shape index (κ3) is 5.92. The Bertz CT molecular complexity index is 879. The summed E-state index contributed by atoms with van der Waals surface area (Å²) in [7, 11) is 1.62. The number of para-hydroxylation sites is 2. The topological polar surface area (TPSA) is 70.3 Å². The molecule has 4 N–H and O–H groups in total. The monoisotopic (exact) mass is 413 g/mol. The molecule has 2 aromatic carbocycles. The molecule has 1 saturated heterocycles. The van der Waals surface area contributed by atoms with Gasteiger partial charge in [-0.2, -0.15) is 5.10 Å². The molecule has 6 nitrogen and oxygen atoms in total. The maximum absolute atomic E-state index is 10.3. The molecule has 1 aliphatic heterocycles. The van der Waals surface area contributed by atoms with Crippen LogP contribution in [0.5, 0.6) is 11.5 Å². The average molecular weight is 414 g/mol. The number of ether oxygens (including phenoxy) is 1. The maximum Gasteiger partial charge on any atom is 0.191 e. The number of anilines is 1. The van der Waals surface area contributed by atoms with E-state index in [0.29, 0.717) is 16.6 Å². The summed E-state index contributed by atoms with van der Waals surface area (Å²) in [6.07, 6.45) is 3.84. The lowest BCUT2D eigenvalue weighted by molar-refractivity contribution is -0.918. The predicted molar refractivity (Wildman–Crippen MR) is 121 cm³/mol. The highest BCUT2D eigenvalue weighted by atomic mass is 32.1. The first kappa shape index (κ1) is 21.1. The van der Waals surface area contributed by atoms with Crippen molar-refractivity contribution >= 4 is 28.7 Å². The van der Waals surface area contributed by atoms with Crippen LogP contribution in [0.25, 0.3) is 0 Å². The second-order valence-corrected chi connectivity index (χ2v) is 7.70. The van der Waals surface area contributed by atoms with Gasteiger partial charge >= 0.3 is 0 Å². The Hall–Kier alpha value is -2.64. The van der Waals surface area contributed by atoms with Crippen LogP contribution in [0.15, 0.2) is 47.6 Å². The minimum absolute atomic E-state index is 0.348. The lowest BCUT2D eigenvalue weighted by Crippen LogP contribution is -3.11. The number of hydrogen-bond acceptors (Lipinski definition) is 4. The van der Waals surface area contributed by atoms with E-state index in [2.05, 4.69) is 15.8 Å². The molecule has 3 rings (SSSR count). The van der Waals surface area contributed by atoms with E-state index in [9.17, 15) is 5.11 Å². The zero-order chi connectivity index (χ0) is 20.6. The SMILES string of the molecule is COc1ccccc1NC(=S)N/N=C(\C)c1ccc(O)c(C[NH+]2CCCCC2)c1. The molecule has 0 aliphatic carbocycles. The summed E-state index contributed by atoms with van der Waals surface area (Å²) in [6, 6.07) is 13.2. The van der Waals surface area contributed by atoms with E-state index < -0.39 is 0 Å². The molecule has 0 saturated carbocycles. The molecule has 0 spiro atoms. The minimum Gasteiger partial charge on any atom is -0.507 e. The number of phenolic OH excluding ortho intramolecular Hbond substituents is 1. The normalized spacial score (nSPS) is 15.0. The fourth-order valence-electron chi connectivity index (χ4n) is 3.55. The number of aromatic hydroxyl groups is 1. The first-order valence-corrected chi connectivity index (χ1v) is 10.4. The van der Waals surface area contributed by atoms with Gasteiger partial charge in [-0.25, -0.2) is 0 Å². The first-order valence-electron chi connectivity index (χ1n) is 9.97.